The molecule has 2 nitrogen and oxygen atoms in total. The summed E-state index contributed by atoms with van der Waals surface area (Å²) in [5, 5.41) is 0. The minimum atomic E-state index is 1.24. The molecule has 0 atom stereocenters. The fourth-order valence-electron chi connectivity index (χ4n) is 3.71. The second-order valence-electron chi connectivity index (χ2n) is 6.58. The van der Waals surface area contributed by atoms with Crippen LogP contribution in [-0.2, 0) is 0 Å². The third-order valence-corrected chi connectivity index (χ3v) is 5.07. The minimum Gasteiger partial charge on any atom is -0.342 e. The molecule has 0 amide bonds. The quantitative estimate of drug-likeness (QED) is 0.650. The summed E-state index contributed by atoms with van der Waals surface area (Å²) >= 11 is 0. The van der Waals surface area contributed by atoms with E-state index in [1.54, 1.807) is 0 Å². The van der Waals surface area contributed by atoms with Crippen molar-refractivity contribution in [1.82, 2.24) is 0 Å². The summed E-state index contributed by atoms with van der Waals surface area (Å²) in [5.74, 6) is 0. The van der Waals surface area contributed by atoms with Crippen LogP contribution in [0.3, 0.4) is 0 Å². The van der Waals surface area contributed by atoms with Crippen molar-refractivity contribution >= 4 is 22.5 Å². The molecule has 24 heavy (non-hydrogen) atoms. The molecule has 2 aliphatic heterocycles. The molecule has 0 fully saturated rings. The summed E-state index contributed by atoms with van der Waals surface area (Å²) in [6, 6.07) is 17.2. The summed E-state index contributed by atoms with van der Waals surface area (Å²) in [6.45, 7) is 4.39. The zero-order valence-electron chi connectivity index (χ0n) is 14.7. The highest BCUT2D eigenvalue weighted by Crippen LogP contribution is 2.40. The van der Waals surface area contributed by atoms with Gasteiger partial charge in [-0.2, -0.15) is 0 Å². The normalized spacial score (nSPS) is 19.5. The van der Waals surface area contributed by atoms with Crippen LogP contribution in [0.25, 0.3) is 11.1 Å². The molecule has 0 aliphatic carbocycles. The summed E-state index contributed by atoms with van der Waals surface area (Å²) in [6.07, 6.45) is 4.60. The molecule has 0 N–H and O–H groups in total. The van der Waals surface area contributed by atoms with Crippen LogP contribution in [0.2, 0.25) is 0 Å². The van der Waals surface area contributed by atoms with Crippen LogP contribution in [0, 0.1) is 0 Å². The standard InChI is InChI=1S/C22H22N2/c1-15-13-21(23(3)19-11-7-5-9-17(15)19)22-14-16(2)18-10-6-8-12-20(18)24(22)4/h5-14H,1-4H3/b22-21+. The van der Waals surface area contributed by atoms with E-state index in [-0.39, 0.29) is 0 Å². The van der Waals surface area contributed by atoms with Gasteiger partial charge in [0.2, 0.25) is 0 Å². The van der Waals surface area contributed by atoms with Gasteiger partial charge in [0.1, 0.15) is 0 Å². The number of hydrogen-bond acceptors (Lipinski definition) is 2. The number of allylic oxidation sites excluding steroid dienone is 4. The van der Waals surface area contributed by atoms with E-state index < -0.39 is 0 Å². The molecule has 4 rings (SSSR count). The van der Waals surface area contributed by atoms with Crippen molar-refractivity contribution in [3.8, 4) is 0 Å². The second kappa shape index (κ2) is 5.41. The molecule has 0 bridgehead atoms. The highest BCUT2D eigenvalue weighted by molar-refractivity contribution is 5.88. The zero-order valence-corrected chi connectivity index (χ0v) is 14.7. The molecule has 120 valence electrons. The Morgan fingerprint density at radius 2 is 0.958 bits per heavy atom. The summed E-state index contributed by atoms with van der Waals surface area (Å²) in [7, 11) is 4.31. The Kier molecular flexibility index (Phi) is 3.34. The van der Waals surface area contributed by atoms with Gasteiger partial charge in [0.05, 0.1) is 11.4 Å². The molecule has 2 aliphatic rings. The minimum absolute atomic E-state index is 1.24. The molecule has 0 unspecified atom stereocenters. The largest absolute Gasteiger partial charge is 0.342 e. The number of likely N-dealkylation sites (N-methyl/N-ethyl adjacent to an activating group) is 2. The van der Waals surface area contributed by atoms with Gasteiger partial charge in [-0.1, -0.05) is 36.4 Å². The van der Waals surface area contributed by atoms with Gasteiger partial charge in [-0.15, -0.1) is 0 Å². The Labute approximate surface area is 144 Å². The topological polar surface area (TPSA) is 6.48 Å². The van der Waals surface area contributed by atoms with Gasteiger partial charge < -0.3 is 9.80 Å². The van der Waals surface area contributed by atoms with E-state index in [0.717, 1.165) is 0 Å². The molecule has 2 heterocycles. The number of hydrogen-bond donors (Lipinski definition) is 0. The molecule has 2 aromatic carbocycles. The number of rotatable bonds is 0. The van der Waals surface area contributed by atoms with Gasteiger partial charge in [0.15, 0.2) is 0 Å². The Morgan fingerprint density at radius 3 is 1.38 bits per heavy atom. The van der Waals surface area contributed by atoms with Gasteiger partial charge in [-0.05, 0) is 49.3 Å². The third kappa shape index (κ3) is 2.10. The van der Waals surface area contributed by atoms with E-state index in [4.69, 9.17) is 0 Å². The van der Waals surface area contributed by atoms with Crippen LogP contribution in [0.15, 0.2) is 72.1 Å². The van der Waals surface area contributed by atoms with Crippen molar-refractivity contribution in [1.29, 1.82) is 0 Å². The van der Waals surface area contributed by atoms with E-state index >= 15 is 0 Å². The highest BCUT2D eigenvalue weighted by atomic mass is 15.2. The first-order valence-electron chi connectivity index (χ1n) is 8.35. The molecule has 0 radical (unpaired) electrons. The smallest absolute Gasteiger partial charge is 0.0652 e. The predicted octanol–water partition coefficient (Wildman–Crippen LogP) is 5.30. The first kappa shape index (κ1) is 14.8. The molecule has 0 spiro atoms. The van der Waals surface area contributed by atoms with Crippen LogP contribution in [0.4, 0.5) is 11.4 Å². The van der Waals surface area contributed by atoms with Crippen molar-refractivity contribution < 1.29 is 0 Å². The molecule has 0 aromatic heterocycles. The Morgan fingerprint density at radius 1 is 0.583 bits per heavy atom. The Bertz CT molecular complexity index is 840. The maximum Gasteiger partial charge on any atom is 0.0652 e. The zero-order chi connectivity index (χ0) is 16.8. The molecule has 2 heteroatoms. The van der Waals surface area contributed by atoms with Crippen molar-refractivity contribution in [3.63, 3.8) is 0 Å². The van der Waals surface area contributed by atoms with E-state index in [2.05, 4.69) is 98.4 Å². The van der Waals surface area contributed by atoms with Crippen LogP contribution in [0.1, 0.15) is 25.0 Å². The Hall–Kier alpha value is -2.74. The van der Waals surface area contributed by atoms with Gasteiger partial charge in [-0.3, -0.25) is 0 Å². The maximum absolute atomic E-state index is 2.30. The van der Waals surface area contributed by atoms with Gasteiger partial charge in [-0.25, -0.2) is 0 Å². The lowest BCUT2D eigenvalue weighted by Crippen LogP contribution is -2.28. The fourth-order valence-corrected chi connectivity index (χ4v) is 3.71. The van der Waals surface area contributed by atoms with Crippen LogP contribution < -0.4 is 9.80 Å². The fraction of sp³-hybridized carbons (Fsp3) is 0.182. The summed E-state index contributed by atoms with van der Waals surface area (Å²) < 4.78 is 0. The van der Waals surface area contributed by atoms with Crippen LogP contribution in [-0.4, -0.2) is 14.1 Å². The van der Waals surface area contributed by atoms with Crippen molar-refractivity contribution in [2.24, 2.45) is 0 Å². The number of para-hydroxylation sites is 2. The third-order valence-electron chi connectivity index (χ3n) is 5.07. The molecular formula is C22H22N2. The highest BCUT2D eigenvalue weighted by Gasteiger charge is 2.24. The van der Waals surface area contributed by atoms with Crippen LogP contribution in [0.5, 0.6) is 0 Å². The molecule has 0 saturated carbocycles. The van der Waals surface area contributed by atoms with E-state index in [9.17, 15) is 0 Å². The molecule has 0 saturated heterocycles. The Balaban J connectivity index is 1.93. The number of anilines is 2. The number of benzene rings is 2. The first-order chi connectivity index (χ1) is 11.6. The lowest BCUT2D eigenvalue weighted by Gasteiger charge is -2.35. The van der Waals surface area contributed by atoms with Crippen molar-refractivity contribution in [2.75, 3.05) is 23.9 Å². The lowest BCUT2D eigenvalue weighted by atomic mass is 9.95. The SMILES string of the molecule is CC1=C/C(=C2/C=C(C)c3ccccc3N2C)N(C)c2ccccc21. The second-order valence-corrected chi connectivity index (χ2v) is 6.58. The average molecular weight is 314 g/mol. The van der Waals surface area contributed by atoms with Crippen molar-refractivity contribution in [3.05, 3.63) is 83.2 Å². The lowest BCUT2D eigenvalue weighted by molar-refractivity contribution is 1.02. The predicted molar refractivity (Wildman–Crippen MR) is 104 cm³/mol. The van der Waals surface area contributed by atoms with Crippen molar-refractivity contribution in [2.45, 2.75) is 13.8 Å². The first-order valence-corrected chi connectivity index (χ1v) is 8.35. The molecular weight excluding hydrogens is 292 g/mol. The van der Waals surface area contributed by atoms with Crippen LogP contribution >= 0.6 is 0 Å². The maximum atomic E-state index is 2.30. The number of fused-ring (bicyclic) bond motifs is 2. The van der Waals surface area contributed by atoms with E-state index in [1.807, 2.05) is 0 Å². The van der Waals surface area contributed by atoms with Gasteiger partial charge in [0, 0.05) is 36.6 Å². The molecule has 2 aromatic rings. The van der Waals surface area contributed by atoms with Gasteiger partial charge >= 0.3 is 0 Å². The number of nitrogens with zero attached hydrogens (tertiary/aromatic N) is 2. The summed E-state index contributed by atoms with van der Waals surface area (Å²) in [4.78, 5) is 4.60. The van der Waals surface area contributed by atoms with Gasteiger partial charge in [0.25, 0.3) is 0 Å². The van der Waals surface area contributed by atoms with E-state index in [1.165, 1.54) is 45.0 Å². The summed E-state index contributed by atoms with van der Waals surface area (Å²) in [5.41, 5.74) is 10.2. The monoisotopic (exact) mass is 314 g/mol. The van der Waals surface area contributed by atoms with E-state index in [0.29, 0.717) is 0 Å². The average Bonchev–Trinajstić information content (AvgIpc) is 2.61.